The van der Waals surface area contributed by atoms with Gasteiger partial charge in [0.1, 0.15) is 5.54 Å². The lowest BCUT2D eigenvalue weighted by Gasteiger charge is -2.41. The summed E-state index contributed by atoms with van der Waals surface area (Å²) in [5, 5.41) is 19.2. The van der Waals surface area contributed by atoms with Gasteiger partial charge in [-0.15, -0.1) is 0 Å². The molecule has 1 heterocycles. The highest BCUT2D eigenvalue weighted by molar-refractivity contribution is 5.88. The molecule has 1 aliphatic heterocycles. The summed E-state index contributed by atoms with van der Waals surface area (Å²) in [6, 6.07) is 8.33. The minimum absolute atomic E-state index is 0.0701. The first-order valence-corrected chi connectivity index (χ1v) is 10.9. The van der Waals surface area contributed by atoms with Crippen LogP contribution in [0.25, 0.3) is 0 Å². The Balaban J connectivity index is 1.78. The number of carbonyl (C=O) groups excluding carboxylic acids is 1. The number of hydrogen-bond donors (Lipinski definition) is 2. The fourth-order valence-corrected chi connectivity index (χ4v) is 4.52. The molecule has 1 unspecified atom stereocenters. The number of hydroxylamine groups is 1. The standard InChI is InChI=1S/C23H33N3O4/c1-4-5-6-17(2)30-20-15-18(7-8-19(20)29-3)22(16-24)11-13-26(14-12-22)23(9-10-23)21(27)25-28/h7-8,15,17,28H,4-6,9-14H2,1-3H3,(H,25,27). The van der Waals surface area contributed by atoms with Gasteiger partial charge in [-0.1, -0.05) is 25.8 Å². The Morgan fingerprint density at radius 3 is 2.53 bits per heavy atom. The number of nitrogens with zero attached hydrogens (tertiary/aromatic N) is 2. The van der Waals surface area contributed by atoms with Crippen molar-refractivity contribution in [3.8, 4) is 17.6 Å². The van der Waals surface area contributed by atoms with E-state index in [-0.39, 0.29) is 12.0 Å². The number of piperidine rings is 1. The van der Waals surface area contributed by atoms with Gasteiger partial charge in [-0.2, -0.15) is 5.26 Å². The zero-order valence-electron chi connectivity index (χ0n) is 18.2. The molecule has 1 saturated carbocycles. The molecule has 0 spiro atoms. The first-order valence-electron chi connectivity index (χ1n) is 10.9. The van der Waals surface area contributed by atoms with Gasteiger partial charge in [0, 0.05) is 13.1 Å². The second kappa shape index (κ2) is 9.23. The van der Waals surface area contributed by atoms with E-state index in [2.05, 4.69) is 24.8 Å². The van der Waals surface area contributed by atoms with Gasteiger partial charge < -0.3 is 9.47 Å². The van der Waals surface area contributed by atoms with Crippen molar-refractivity contribution in [2.45, 2.75) is 75.9 Å². The van der Waals surface area contributed by atoms with E-state index >= 15 is 0 Å². The summed E-state index contributed by atoms with van der Waals surface area (Å²) in [4.78, 5) is 14.2. The molecule has 1 saturated heterocycles. The molecule has 1 atom stereocenters. The van der Waals surface area contributed by atoms with Crippen LogP contribution in [0.5, 0.6) is 11.5 Å². The summed E-state index contributed by atoms with van der Waals surface area (Å²) in [7, 11) is 1.62. The molecule has 0 radical (unpaired) electrons. The number of hydrogen-bond acceptors (Lipinski definition) is 6. The van der Waals surface area contributed by atoms with Crippen molar-refractivity contribution in [1.29, 1.82) is 5.26 Å². The van der Waals surface area contributed by atoms with Crippen LogP contribution in [0.1, 0.15) is 64.4 Å². The molecule has 7 heteroatoms. The largest absolute Gasteiger partial charge is 0.493 e. The van der Waals surface area contributed by atoms with Gasteiger partial charge >= 0.3 is 0 Å². The normalized spacial score (nSPS) is 20.6. The van der Waals surface area contributed by atoms with Crippen LogP contribution < -0.4 is 15.0 Å². The number of ether oxygens (including phenoxy) is 2. The average molecular weight is 416 g/mol. The Labute approximate surface area is 178 Å². The minimum Gasteiger partial charge on any atom is -0.493 e. The number of nitriles is 1. The van der Waals surface area contributed by atoms with Crippen molar-refractivity contribution in [2.75, 3.05) is 20.2 Å². The molecule has 30 heavy (non-hydrogen) atoms. The van der Waals surface area contributed by atoms with Crippen molar-refractivity contribution >= 4 is 5.91 Å². The SMILES string of the molecule is CCCCC(C)Oc1cc(C2(C#N)CCN(C3(C(=O)NO)CC3)CC2)ccc1OC. The van der Waals surface area contributed by atoms with Crippen LogP contribution in [-0.4, -0.2) is 47.9 Å². The molecule has 164 valence electrons. The van der Waals surface area contributed by atoms with Crippen molar-refractivity contribution < 1.29 is 19.5 Å². The number of unbranched alkanes of at least 4 members (excludes halogenated alkanes) is 1. The van der Waals surface area contributed by atoms with Gasteiger partial charge in [-0.25, -0.2) is 5.48 Å². The van der Waals surface area contributed by atoms with Gasteiger partial charge in [-0.05, 0) is 56.7 Å². The summed E-state index contributed by atoms with van der Waals surface area (Å²) >= 11 is 0. The molecule has 1 aromatic carbocycles. The Kier molecular flexibility index (Phi) is 6.89. The summed E-state index contributed by atoms with van der Waals surface area (Å²) in [6.45, 7) is 5.49. The molecule has 1 aliphatic carbocycles. The molecule has 2 fully saturated rings. The second-order valence-electron chi connectivity index (χ2n) is 8.59. The van der Waals surface area contributed by atoms with Crippen LogP contribution in [0.3, 0.4) is 0 Å². The molecular weight excluding hydrogens is 382 g/mol. The van der Waals surface area contributed by atoms with Crippen LogP contribution in [0.2, 0.25) is 0 Å². The predicted molar refractivity (Wildman–Crippen MR) is 113 cm³/mol. The zero-order valence-corrected chi connectivity index (χ0v) is 18.2. The van der Waals surface area contributed by atoms with Crippen LogP contribution in [0, 0.1) is 11.3 Å². The third-order valence-electron chi connectivity index (χ3n) is 6.69. The highest BCUT2D eigenvalue weighted by Gasteiger charge is 2.56. The smallest absolute Gasteiger partial charge is 0.263 e. The number of amides is 1. The summed E-state index contributed by atoms with van der Waals surface area (Å²) < 4.78 is 11.6. The molecule has 1 amide bonds. The minimum atomic E-state index is -0.626. The van der Waals surface area contributed by atoms with Crippen LogP contribution in [-0.2, 0) is 10.2 Å². The Hall–Kier alpha value is -2.30. The maximum absolute atomic E-state index is 12.1. The molecule has 3 rings (SSSR count). The number of rotatable bonds is 9. The van der Waals surface area contributed by atoms with Gasteiger partial charge in [-0.3, -0.25) is 14.9 Å². The Morgan fingerprint density at radius 2 is 2.00 bits per heavy atom. The van der Waals surface area contributed by atoms with E-state index in [0.29, 0.717) is 37.4 Å². The van der Waals surface area contributed by atoms with Crippen LogP contribution in [0.4, 0.5) is 0 Å². The van der Waals surface area contributed by atoms with Gasteiger partial charge in [0.15, 0.2) is 11.5 Å². The maximum Gasteiger partial charge on any atom is 0.263 e. The van der Waals surface area contributed by atoms with Crippen LogP contribution in [0.15, 0.2) is 18.2 Å². The molecule has 1 aromatic rings. The molecular formula is C23H33N3O4. The summed E-state index contributed by atoms with van der Waals surface area (Å²) in [5.41, 5.74) is 1.51. The van der Waals surface area contributed by atoms with Gasteiger partial charge in [0.2, 0.25) is 0 Å². The second-order valence-corrected chi connectivity index (χ2v) is 8.59. The third-order valence-corrected chi connectivity index (χ3v) is 6.69. The van der Waals surface area contributed by atoms with Crippen molar-refractivity contribution in [3.63, 3.8) is 0 Å². The highest BCUT2D eigenvalue weighted by Crippen LogP contribution is 2.47. The van der Waals surface area contributed by atoms with Crippen molar-refractivity contribution in [3.05, 3.63) is 23.8 Å². The number of benzene rings is 1. The fourth-order valence-electron chi connectivity index (χ4n) is 4.52. The number of carbonyl (C=O) groups is 1. The highest BCUT2D eigenvalue weighted by atomic mass is 16.5. The van der Waals surface area contributed by atoms with E-state index < -0.39 is 11.0 Å². The Morgan fingerprint density at radius 1 is 1.30 bits per heavy atom. The molecule has 2 aliphatic rings. The molecule has 0 aromatic heterocycles. The zero-order chi connectivity index (χ0) is 21.8. The third kappa shape index (κ3) is 4.26. The van der Waals surface area contributed by atoms with E-state index in [1.54, 1.807) is 7.11 Å². The number of nitrogens with one attached hydrogen (secondary N) is 1. The van der Waals surface area contributed by atoms with Crippen molar-refractivity contribution in [1.82, 2.24) is 10.4 Å². The lowest BCUT2D eigenvalue weighted by atomic mass is 9.73. The lowest BCUT2D eigenvalue weighted by molar-refractivity contribution is -0.137. The fraction of sp³-hybridized carbons (Fsp3) is 0.652. The average Bonchev–Trinajstić information content (AvgIpc) is 3.59. The Bertz CT molecular complexity index is 792. The lowest BCUT2D eigenvalue weighted by Crippen LogP contribution is -2.53. The maximum atomic E-state index is 12.1. The molecule has 7 nitrogen and oxygen atoms in total. The van der Waals surface area contributed by atoms with E-state index in [9.17, 15) is 10.1 Å². The number of methoxy groups -OCH3 is 1. The monoisotopic (exact) mass is 415 g/mol. The topological polar surface area (TPSA) is 94.8 Å². The van der Waals surface area contributed by atoms with Gasteiger partial charge in [0.25, 0.3) is 5.91 Å². The van der Waals surface area contributed by atoms with Crippen molar-refractivity contribution in [2.24, 2.45) is 0 Å². The summed E-state index contributed by atoms with van der Waals surface area (Å²) in [6.07, 6.45) is 6.00. The van der Waals surface area contributed by atoms with Gasteiger partial charge in [0.05, 0.1) is 24.7 Å². The van der Waals surface area contributed by atoms with E-state index in [1.807, 2.05) is 23.7 Å². The van der Waals surface area contributed by atoms with E-state index in [0.717, 1.165) is 37.7 Å². The predicted octanol–water partition coefficient (Wildman–Crippen LogP) is 3.55. The van der Waals surface area contributed by atoms with Crippen LogP contribution >= 0.6 is 0 Å². The molecule has 0 bridgehead atoms. The quantitative estimate of drug-likeness (QED) is 0.473. The number of likely N-dealkylation sites (tertiary alicyclic amines) is 1. The first-order chi connectivity index (χ1) is 14.4. The van der Waals surface area contributed by atoms with E-state index in [4.69, 9.17) is 14.7 Å². The first kappa shape index (κ1) is 22.4. The summed E-state index contributed by atoms with van der Waals surface area (Å²) in [5.74, 6) is 1.01. The van der Waals surface area contributed by atoms with E-state index in [1.165, 1.54) is 0 Å². The molecule has 2 N–H and O–H groups in total.